The number of nitrogens with two attached hydrogens (primary N) is 1. The number of amides is 1. The van der Waals surface area contributed by atoms with Crippen molar-refractivity contribution in [3.05, 3.63) is 28.2 Å². The lowest BCUT2D eigenvalue weighted by Crippen LogP contribution is -2.34. The first kappa shape index (κ1) is 13.9. The average Bonchev–Trinajstić information content (AvgIpc) is 2.70. The van der Waals surface area contributed by atoms with Crippen molar-refractivity contribution in [3.8, 4) is 0 Å². The highest BCUT2D eigenvalue weighted by atomic mass is 79.9. The first-order chi connectivity index (χ1) is 8.91. The summed E-state index contributed by atoms with van der Waals surface area (Å²) in [6, 6.07) is 5.05. The monoisotopic (exact) mass is 326 g/mol. The molecule has 0 saturated carbocycles. The molecule has 1 aromatic rings. The summed E-state index contributed by atoms with van der Waals surface area (Å²) in [7, 11) is 0. The Hall–Kier alpha value is -1.56. The highest BCUT2D eigenvalue weighted by Crippen LogP contribution is 2.33. The van der Waals surface area contributed by atoms with Crippen LogP contribution in [0, 0.1) is 5.92 Å². The second kappa shape index (κ2) is 5.21. The van der Waals surface area contributed by atoms with Crippen LogP contribution in [0.15, 0.2) is 22.7 Å². The van der Waals surface area contributed by atoms with Gasteiger partial charge in [0.25, 0.3) is 5.91 Å². The molecule has 1 saturated heterocycles. The minimum absolute atomic E-state index is 0.162. The number of hydrogen-bond acceptors (Lipinski definition) is 3. The van der Waals surface area contributed by atoms with E-state index < -0.39 is 17.8 Å². The van der Waals surface area contributed by atoms with E-state index >= 15 is 0 Å². The number of carbonyl (C=O) groups excluding carboxylic acids is 1. The smallest absolute Gasteiger partial charge is 0.308 e. The van der Waals surface area contributed by atoms with Gasteiger partial charge in [-0.05, 0) is 31.5 Å². The van der Waals surface area contributed by atoms with Crippen LogP contribution in [-0.4, -0.2) is 29.6 Å². The molecule has 1 aliphatic rings. The van der Waals surface area contributed by atoms with Gasteiger partial charge in [0.2, 0.25) is 0 Å². The first-order valence-corrected chi connectivity index (χ1v) is 6.80. The molecule has 0 radical (unpaired) electrons. The van der Waals surface area contributed by atoms with Gasteiger partial charge < -0.3 is 15.7 Å². The predicted molar refractivity (Wildman–Crippen MR) is 75.2 cm³/mol. The maximum absolute atomic E-state index is 11.5. The maximum atomic E-state index is 11.5. The molecular weight excluding hydrogens is 312 g/mol. The second-order valence-electron chi connectivity index (χ2n) is 4.69. The van der Waals surface area contributed by atoms with Crippen LogP contribution in [0.4, 0.5) is 5.69 Å². The molecule has 2 atom stereocenters. The zero-order chi connectivity index (χ0) is 14.2. The largest absolute Gasteiger partial charge is 0.481 e. The average molecular weight is 327 g/mol. The summed E-state index contributed by atoms with van der Waals surface area (Å²) in [6.07, 6.45) is 0.571. The van der Waals surface area contributed by atoms with Gasteiger partial charge in [-0.1, -0.05) is 15.9 Å². The van der Waals surface area contributed by atoms with Gasteiger partial charge in [0.05, 0.1) is 17.2 Å². The van der Waals surface area contributed by atoms with E-state index in [9.17, 15) is 9.59 Å². The number of nitrogens with zero attached hydrogens (tertiary/aromatic N) is 1. The van der Waals surface area contributed by atoms with Gasteiger partial charge in [-0.2, -0.15) is 0 Å². The molecule has 0 aliphatic carbocycles. The predicted octanol–water partition coefficient (Wildman–Crippen LogP) is 1.85. The van der Waals surface area contributed by atoms with Gasteiger partial charge >= 0.3 is 5.97 Å². The maximum Gasteiger partial charge on any atom is 0.308 e. The quantitative estimate of drug-likeness (QED) is 0.887. The van der Waals surface area contributed by atoms with Crippen molar-refractivity contribution in [3.63, 3.8) is 0 Å². The molecule has 1 aromatic carbocycles. The SMILES string of the molecule is CC1C(C(=O)O)CCN1c1cc(Br)ccc1C(N)=O. The highest BCUT2D eigenvalue weighted by Gasteiger charge is 2.36. The summed E-state index contributed by atoms with van der Waals surface area (Å²) < 4.78 is 0.832. The van der Waals surface area contributed by atoms with Crippen molar-refractivity contribution >= 4 is 33.5 Å². The molecule has 1 heterocycles. The molecule has 1 amide bonds. The molecule has 6 heteroatoms. The normalized spacial score (nSPS) is 22.5. The Labute approximate surface area is 119 Å². The Balaban J connectivity index is 2.40. The summed E-state index contributed by atoms with van der Waals surface area (Å²) in [5.74, 6) is -1.72. The molecule has 3 N–H and O–H groups in total. The fraction of sp³-hybridized carbons (Fsp3) is 0.385. The summed E-state index contributed by atoms with van der Waals surface area (Å²) in [5, 5.41) is 9.15. The lowest BCUT2D eigenvalue weighted by Gasteiger charge is -2.27. The summed E-state index contributed by atoms with van der Waals surface area (Å²) in [4.78, 5) is 24.6. The van der Waals surface area contributed by atoms with Crippen LogP contribution < -0.4 is 10.6 Å². The number of anilines is 1. The van der Waals surface area contributed by atoms with Crippen molar-refractivity contribution in [2.45, 2.75) is 19.4 Å². The third-order valence-corrected chi connectivity index (χ3v) is 4.10. The third-order valence-electron chi connectivity index (χ3n) is 3.61. The zero-order valence-corrected chi connectivity index (χ0v) is 12.1. The van der Waals surface area contributed by atoms with Crippen LogP contribution in [0.25, 0.3) is 0 Å². The van der Waals surface area contributed by atoms with Crippen LogP contribution in [0.1, 0.15) is 23.7 Å². The number of primary amides is 1. The van der Waals surface area contributed by atoms with E-state index in [4.69, 9.17) is 10.8 Å². The van der Waals surface area contributed by atoms with E-state index in [-0.39, 0.29) is 6.04 Å². The molecule has 5 nitrogen and oxygen atoms in total. The van der Waals surface area contributed by atoms with Gasteiger partial charge in [-0.15, -0.1) is 0 Å². The molecule has 1 fully saturated rings. The fourth-order valence-electron chi connectivity index (χ4n) is 2.56. The number of rotatable bonds is 3. The summed E-state index contributed by atoms with van der Waals surface area (Å²) >= 11 is 3.36. The lowest BCUT2D eigenvalue weighted by molar-refractivity contribution is -0.141. The topological polar surface area (TPSA) is 83.6 Å². The van der Waals surface area contributed by atoms with E-state index in [0.717, 1.165) is 4.47 Å². The van der Waals surface area contributed by atoms with Crippen molar-refractivity contribution in [2.75, 3.05) is 11.4 Å². The molecule has 102 valence electrons. The van der Waals surface area contributed by atoms with Crippen molar-refractivity contribution in [2.24, 2.45) is 11.7 Å². The van der Waals surface area contributed by atoms with Crippen LogP contribution in [-0.2, 0) is 4.79 Å². The number of carboxylic acids is 1. The van der Waals surface area contributed by atoms with E-state index in [0.29, 0.717) is 24.2 Å². The lowest BCUT2D eigenvalue weighted by atomic mass is 10.0. The Morgan fingerprint density at radius 2 is 2.16 bits per heavy atom. The molecule has 19 heavy (non-hydrogen) atoms. The number of carboxylic acid groups (broad SMARTS) is 1. The van der Waals surface area contributed by atoms with E-state index in [1.807, 2.05) is 11.8 Å². The first-order valence-electron chi connectivity index (χ1n) is 6.00. The van der Waals surface area contributed by atoms with Crippen LogP contribution in [0.2, 0.25) is 0 Å². The van der Waals surface area contributed by atoms with Gasteiger partial charge in [0.15, 0.2) is 0 Å². The minimum atomic E-state index is -0.800. The summed E-state index contributed by atoms with van der Waals surface area (Å²) in [5.41, 5.74) is 6.49. The van der Waals surface area contributed by atoms with E-state index in [2.05, 4.69) is 15.9 Å². The molecule has 2 unspecified atom stereocenters. The highest BCUT2D eigenvalue weighted by molar-refractivity contribution is 9.10. The van der Waals surface area contributed by atoms with Gasteiger partial charge in [0.1, 0.15) is 0 Å². The molecule has 0 bridgehead atoms. The molecule has 1 aliphatic heterocycles. The Morgan fingerprint density at radius 3 is 2.68 bits per heavy atom. The standard InChI is InChI=1S/C13H15BrN2O3/c1-7-9(13(18)19)4-5-16(7)11-6-8(14)2-3-10(11)12(15)17/h2-3,6-7,9H,4-5H2,1H3,(H2,15,17)(H,18,19). The number of hydrogen-bond donors (Lipinski definition) is 2. The van der Waals surface area contributed by atoms with Crippen LogP contribution in [0.3, 0.4) is 0 Å². The van der Waals surface area contributed by atoms with Crippen molar-refractivity contribution < 1.29 is 14.7 Å². The van der Waals surface area contributed by atoms with Gasteiger partial charge in [-0.3, -0.25) is 9.59 Å². The van der Waals surface area contributed by atoms with Crippen molar-refractivity contribution in [1.29, 1.82) is 0 Å². The molecule has 0 spiro atoms. The zero-order valence-electron chi connectivity index (χ0n) is 10.5. The molecular formula is C13H15BrN2O3. The summed E-state index contributed by atoms with van der Waals surface area (Å²) in [6.45, 7) is 2.46. The van der Waals surface area contributed by atoms with Gasteiger partial charge in [0, 0.05) is 17.1 Å². The van der Waals surface area contributed by atoms with E-state index in [1.165, 1.54) is 0 Å². The Morgan fingerprint density at radius 1 is 1.47 bits per heavy atom. The third kappa shape index (κ3) is 2.58. The molecule has 2 rings (SSSR count). The minimum Gasteiger partial charge on any atom is -0.481 e. The van der Waals surface area contributed by atoms with Gasteiger partial charge in [-0.25, -0.2) is 0 Å². The Kier molecular flexibility index (Phi) is 3.80. The Bertz CT molecular complexity index is 533. The van der Waals surface area contributed by atoms with Crippen LogP contribution >= 0.6 is 15.9 Å². The number of aliphatic carboxylic acids is 1. The number of carbonyl (C=O) groups is 2. The van der Waals surface area contributed by atoms with Crippen LogP contribution in [0.5, 0.6) is 0 Å². The van der Waals surface area contributed by atoms with E-state index in [1.54, 1.807) is 18.2 Å². The number of benzene rings is 1. The fourth-order valence-corrected chi connectivity index (χ4v) is 2.91. The number of halogens is 1. The second-order valence-corrected chi connectivity index (χ2v) is 5.61. The van der Waals surface area contributed by atoms with Crippen molar-refractivity contribution in [1.82, 2.24) is 0 Å². The molecule has 0 aromatic heterocycles.